The molecule has 1 fully saturated rings. The number of hydrogen-bond donors (Lipinski definition) is 0. The molecule has 0 aliphatic carbocycles. The molecule has 3 heterocycles. The van der Waals surface area contributed by atoms with Gasteiger partial charge in [-0.1, -0.05) is 30.3 Å². The molecular weight excluding hydrogens is 517 g/mol. The number of methoxy groups -OCH3 is 1. The Morgan fingerprint density at radius 3 is 2.59 bits per heavy atom. The zero-order valence-corrected chi connectivity index (χ0v) is 22.4. The van der Waals surface area contributed by atoms with Gasteiger partial charge in [0.15, 0.2) is 5.82 Å². The molecule has 4 aromatic rings. The molecule has 0 amide bonds. The lowest BCUT2D eigenvalue weighted by molar-refractivity contribution is -0.118. The van der Waals surface area contributed by atoms with Crippen molar-refractivity contribution in [3.05, 3.63) is 93.3 Å². The van der Waals surface area contributed by atoms with Crippen LogP contribution in [0.1, 0.15) is 39.2 Å². The van der Waals surface area contributed by atoms with Crippen LogP contribution in [0, 0.1) is 5.82 Å². The van der Waals surface area contributed by atoms with Crippen molar-refractivity contribution in [2.45, 2.75) is 38.0 Å². The van der Waals surface area contributed by atoms with Gasteiger partial charge in [0.2, 0.25) is 0 Å². The zero-order valence-electron chi connectivity index (χ0n) is 21.5. The SMILES string of the molecule is COc1cccc(CC(=O)Cc2ccc(N3CCC(c4nnc(CC(=O)Cc5ccccc5F)s4)C3)nn2)c1. The normalized spacial score (nSPS) is 14.9. The van der Waals surface area contributed by atoms with Crippen molar-refractivity contribution in [3.8, 4) is 5.75 Å². The Balaban J connectivity index is 1.12. The van der Waals surface area contributed by atoms with E-state index < -0.39 is 0 Å². The number of ketones is 2. The van der Waals surface area contributed by atoms with E-state index in [9.17, 15) is 14.0 Å². The maximum Gasteiger partial charge on any atom is 0.151 e. The number of carbonyl (C=O) groups excluding carboxylic acids is 2. The summed E-state index contributed by atoms with van der Waals surface area (Å²) in [7, 11) is 1.60. The van der Waals surface area contributed by atoms with Crippen molar-refractivity contribution < 1.29 is 18.7 Å². The van der Waals surface area contributed by atoms with Gasteiger partial charge in [-0.25, -0.2) is 4.39 Å². The topological polar surface area (TPSA) is 98.2 Å². The van der Waals surface area contributed by atoms with Crippen LogP contribution in [0.4, 0.5) is 10.2 Å². The first-order valence-corrected chi connectivity index (χ1v) is 13.6. The van der Waals surface area contributed by atoms with Gasteiger partial charge in [-0.05, 0) is 47.9 Å². The molecule has 0 bridgehead atoms. The zero-order chi connectivity index (χ0) is 27.2. The quantitative estimate of drug-likeness (QED) is 0.277. The summed E-state index contributed by atoms with van der Waals surface area (Å²) in [6.45, 7) is 1.52. The summed E-state index contributed by atoms with van der Waals surface area (Å²) in [5.41, 5.74) is 1.93. The lowest BCUT2D eigenvalue weighted by Gasteiger charge is -2.16. The maximum atomic E-state index is 13.8. The standard InChI is InChI=1S/C29H28FN5O3S/c1-38-25-7-4-5-19(14-25)13-23(36)16-22-9-10-27(32-31-22)35-12-11-21(18-35)29-34-33-28(39-29)17-24(37)15-20-6-2-3-8-26(20)30/h2-10,14,21H,11-13,15-18H2,1H3. The minimum absolute atomic E-state index is 0.0417. The fraction of sp³-hybridized carbons (Fsp3) is 0.310. The summed E-state index contributed by atoms with van der Waals surface area (Å²) in [6.07, 6.45) is 1.61. The van der Waals surface area contributed by atoms with Gasteiger partial charge in [0, 0.05) is 31.8 Å². The smallest absolute Gasteiger partial charge is 0.151 e. The molecule has 8 nitrogen and oxygen atoms in total. The second kappa shape index (κ2) is 12.2. The Labute approximate surface area is 229 Å². The fourth-order valence-corrected chi connectivity index (χ4v) is 5.65. The van der Waals surface area contributed by atoms with Crippen LogP contribution < -0.4 is 9.64 Å². The van der Waals surface area contributed by atoms with E-state index in [4.69, 9.17) is 4.74 Å². The third-order valence-electron chi connectivity index (χ3n) is 6.66. The molecule has 10 heteroatoms. The van der Waals surface area contributed by atoms with E-state index in [0.717, 1.165) is 41.6 Å². The number of rotatable bonds is 11. The van der Waals surface area contributed by atoms with Gasteiger partial charge in [-0.15, -0.1) is 26.6 Å². The Hall–Kier alpha value is -4.05. The van der Waals surface area contributed by atoms with Crippen LogP contribution in [-0.4, -0.2) is 52.2 Å². The van der Waals surface area contributed by atoms with Gasteiger partial charge in [0.25, 0.3) is 0 Å². The number of hydrogen-bond acceptors (Lipinski definition) is 9. The number of anilines is 1. The molecule has 5 rings (SSSR count). The molecule has 39 heavy (non-hydrogen) atoms. The predicted octanol–water partition coefficient (Wildman–Crippen LogP) is 4.18. The highest BCUT2D eigenvalue weighted by Crippen LogP contribution is 2.31. The van der Waals surface area contributed by atoms with E-state index in [1.165, 1.54) is 17.4 Å². The Bertz CT molecular complexity index is 1460. The number of aromatic nitrogens is 4. The Morgan fingerprint density at radius 2 is 1.79 bits per heavy atom. The molecule has 1 atom stereocenters. The Kier molecular flexibility index (Phi) is 8.31. The minimum Gasteiger partial charge on any atom is -0.497 e. The summed E-state index contributed by atoms with van der Waals surface area (Å²) in [5, 5.41) is 18.7. The van der Waals surface area contributed by atoms with Crippen molar-refractivity contribution >= 4 is 28.7 Å². The van der Waals surface area contributed by atoms with Gasteiger partial charge >= 0.3 is 0 Å². The van der Waals surface area contributed by atoms with E-state index in [-0.39, 0.29) is 42.6 Å². The lowest BCUT2D eigenvalue weighted by atomic mass is 10.1. The number of Topliss-reactive ketones (excluding diaryl/α,β-unsaturated/α-hetero) is 2. The molecule has 1 unspecified atom stereocenters. The highest BCUT2D eigenvalue weighted by molar-refractivity contribution is 7.11. The summed E-state index contributed by atoms with van der Waals surface area (Å²) in [5.74, 6) is 1.27. The van der Waals surface area contributed by atoms with Gasteiger partial charge in [-0.2, -0.15) is 5.10 Å². The highest BCUT2D eigenvalue weighted by Gasteiger charge is 2.28. The van der Waals surface area contributed by atoms with Crippen LogP contribution in [0.15, 0.2) is 60.7 Å². The minimum atomic E-state index is -0.370. The average molecular weight is 546 g/mol. The maximum absolute atomic E-state index is 13.8. The van der Waals surface area contributed by atoms with E-state index in [1.807, 2.05) is 36.4 Å². The third kappa shape index (κ3) is 6.88. The van der Waals surface area contributed by atoms with E-state index in [2.05, 4.69) is 25.3 Å². The molecule has 1 aliphatic rings. The first kappa shape index (κ1) is 26.6. The van der Waals surface area contributed by atoms with E-state index in [0.29, 0.717) is 22.7 Å². The van der Waals surface area contributed by atoms with Crippen molar-refractivity contribution in [1.82, 2.24) is 20.4 Å². The van der Waals surface area contributed by atoms with E-state index in [1.54, 1.807) is 25.3 Å². The molecule has 1 saturated heterocycles. The number of carbonyl (C=O) groups is 2. The summed E-state index contributed by atoms with van der Waals surface area (Å²) in [4.78, 5) is 27.1. The highest BCUT2D eigenvalue weighted by atomic mass is 32.1. The fourth-order valence-electron chi connectivity index (χ4n) is 4.65. The molecule has 200 valence electrons. The van der Waals surface area contributed by atoms with Crippen molar-refractivity contribution in [2.75, 3.05) is 25.1 Å². The summed E-state index contributed by atoms with van der Waals surface area (Å²) >= 11 is 1.44. The molecule has 2 aromatic heterocycles. The predicted molar refractivity (Wildman–Crippen MR) is 146 cm³/mol. The van der Waals surface area contributed by atoms with Crippen molar-refractivity contribution in [2.24, 2.45) is 0 Å². The van der Waals surface area contributed by atoms with Gasteiger partial charge in [0.05, 0.1) is 25.6 Å². The summed E-state index contributed by atoms with van der Waals surface area (Å²) in [6, 6.07) is 17.6. The number of benzene rings is 2. The first-order valence-electron chi connectivity index (χ1n) is 12.8. The molecule has 0 saturated carbocycles. The Morgan fingerprint density at radius 1 is 0.949 bits per heavy atom. The third-order valence-corrected chi connectivity index (χ3v) is 7.74. The van der Waals surface area contributed by atoms with Crippen LogP contribution in [-0.2, 0) is 35.3 Å². The van der Waals surface area contributed by atoms with Crippen LogP contribution in [0.25, 0.3) is 0 Å². The second-order valence-electron chi connectivity index (χ2n) is 9.58. The number of halogens is 1. The lowest BCUT2D eigenvalue weighted by Crippen LogP contribution is -2.21. The van der Waals surface area contributed by atoms with Crippen LogP contribution in [0.3, 0.4) is 0 Å². The van der Waals surface area contributed by atoms with Gasteiger partial charge < -0.3 is 9.64 Å². The molecule has 0 N–H and O–H groups in total. The molecule has 1 aliphatic heterocycles. The van der Waals surface area contributed by atoms with Gasteiger partial charge in [-0.3, -0.25) is 9.59 Å². The second-order valence-corrected chi connectivity index (χ2v) is 10.7. The molecular formula is C29H28FN5O3S. The van der Waals surface area contributed by atoms with Crippen LogP contribution in [0.2, 0.25) is 0 Å². The van der Waals surface area contributed by atoms with E-state index >= 15 is 0 Å². The number of nitrogens with zero attached hydrogens (tertiary/aromatic N) is 5. The van der Waals surface area contributed by atoms with Crippen molar-refractivity contribution in [3.63, 3.8) is 0 Å². The largest absolute Gasteiger partial charge is 0.497 e. The average Bonchev–Trinajstić information content (AvgIpc) is 3.61. The van der Waals surface area contributed by atoms with Crippen LogP contribution in [0.5, 0.6) is 5.75 Å². The molecule has 2 aromatic carbocycles. The van der Waals surface area contributed by atoms with Crippen molar-refractivity contribution in [1.29, 1.82) is 0 Å². The first-order chi connectivity index (χ1) is 19.0. The molecule has 0 spiro atoms. The van der Waals surface area contributed by atoms with Gasteiger partial charge in [0.1, 0.15) is 33.1 Å². The number of ether oxygens (including phenoxy) is 1. The monoisotopic (exact) mass is 545 g/mol. The molecule has 0 radical (unpaired) electrons. The van der Waals surface area contributed by atoms with Crippen LogP contribution >= 0.6 is 11.3 Å². The summed E-state index contributed by atoms with van der Waals surface area (Å²) < 4.78 is 19.1.